The van der Waals surface area contributed by atoms with Crippen LogP contribution in [0.15, 0.2) is 41.3 Å². The molecule has 0 saturated carbocycles. The Morgan fingerprint density at radius 3 is 2.62 bits per heavy atom. The van der Waals surface area contributed by atoms with Gasteiger partial charge in [-0.25, -0.2) is 4.39 Å². The average molecular weight is 368 g/mol. The molecule has 0 aliphatic heterocycles. The molecule has 0 aromatic heterocycles. The molecule has 2 aromatic carbocycles. The first kappa shape index (κ1) is 18.3. The number of hydrogen-bond donors (Lipinski definition) is 1. The number of amides is 1. The molecule has 0 spiro atoms. The summed E-state index contributed by atoms with van der Waals surface area (Å²) in [6, 6.07) is 9.06. The molecule has 2 rings (SSSR count). The first-order chi connectivity index (χ1) is 11.4. The van der Waals surface area contributed by atoms with Crippen molar-refractivity contribution in [1.82, 2.24) is 0 Å². The van der Waals surface area contributed by atoms with Crippen LogP contribution in [0.1, 0.15) is 17.3 Å². The van der Waals surface area contributed by atoms with Crippen LogP contribution in [0.2, 0.25) is 5.02 Å². The molecule has 2 aromatic rings. The Morgan fingerprint density at radius 2 is 2.00 bits per heavy atom. The first-order valence-corrected chi connectivity index (χ1v) is 8.33. The molecule has 0 fully saturated rings. The fraction of sp³-hybridized carbons (Fsp3) is 0.176. The highest BCUT2D eigenvalue weighted by atomic mass is 35.5. The van der Waals surface area contributed by atoms with Crippen LogP contribution in [-0.2, 0) is 4.79 Å². The van der Waals surface area contributed by atoms with Gasteiger partial charge in [0.25, 0.3) is 0 Å². The third kappa shape index (κ3) is 4.72. The number of ether oxygens (including phenoxy) is 1. The highest BCUT2D eigenvalue weighted by Crippen LogP contribution is 2.28. The summed E-state index contributed by atoms with van der Waals surface area (Å²) in [5.41, 5.74) is 0.743. The van der Waals surface area contributed by atoms with Crippen molar-refractivity contribution in [3.63, 3.8) is 0 Å². The van der Waals surface area contributed by atoms with Crippen LogP contribution in [0.25, 0.3) is 0 Å². The summed E-state index contributed by atoms with van der Waals surface area (Å²) >= 11 is 6.94. The van der Waals surface area contributed by atoms with Gasteiger partial charge in [-0.05, 0) is 37.3 Å². The van der Waals surface area contributed by atoms with Gasteiger partial charge in [-0.1, -0.05) is 17.7 Å². The summed E-state index contributed by atoms with van der Waals surface area (Å²) in [6.07, 6.45) is 0. The van der Waals surface area contributed by atoms with E-state index in [-0.39, 0.29) is 17.4 Å². The van der Waals surface area contributed by atoms with Gasteiger partial charge in [-0.15, -0.1) is 11.8 Å². The van der Waals surface area contributed by atoms with E-state index in [0.717, 1.165) is 11.8 Å². The summed E-state index contributed by atoms with van der Waals surface area (Å²) in [7, 11) is 1.49. The zero-order valence-corrected chi connectivity index (χ0v) is 14.6. The van der Waals surface area contributed by atoms with Crippen molar-refractivity contribution in [3.8, 4) is 5.75 Å². The number of carbonyl (C=O) groups excluding carboxylic acids is 2. The monoisotopic (exact) mass is 367 g/mol. The van der Waals surface area contributed by atoms with Crippen molar-refractivity contribution in [3.05, 3.63) is 52.8 Å². The number of halogens is 2. The second-order valence-corrected chi connectivity index (χ2v) is 6.34. The molecule has 7 heteroatoms. The summed E-state index contributed by atoms with van der Waals surface area (Å²) in [5.74, 6) is -0.575. The molecule has 1 N–H and O–H groups in total. The Morgan fingerprint density at radius 1 is 1.25 bits per heavy atom. The molecule has 0 aliphatic carbocycles. The Bertz CT molecular complexity index is 782. The van der Waals surface area contributed by atoms with E-state index in [2.05, 4.69) is 5.32 Å². The summed E-state index contributed by atoms with van der Waals surface area (Å²) < 4.78 is 19.1. The summed E-state index contributed by atoms with van der Waals surface area (Å²) in [6.45, 7) is 1.37. The van der Waals surface area contributed by atoms with Crippen LogP contribution in [0, 0.1) is 5.82 Å². The van der Waals surface area contributed by atoms with Gasteiger partial charge in [-0.3, -0.25) is 9.59 Å². The predicted octanol–water partition coefficient (Wildman–Crippen LogP) is 4.42. The fourth-order valence-electron chi connectivity index (χ4n) is 1.94. The standard InChI is InChI=1S/C17H15ClFNO3S/c1-10(21)11-3-6-16(13(19)7-11)24-9-17(22)20-14-8-12(18)4-5-15(14)23-2/h3-8H,9H2,1-2H3,(H,20,22). The molecular weight excluding hydrogens is 353 g/mol. The molecule has 0 saturated heterocycles. The second kappa shape index (κ2) is 8.17. The minimum Gasteiger partial charge on any atom is -0.495 e. The smallest absolute Gasteiger partial charge is 0.234 e. The lowest BCUT2D eigenvalue weighted by atomic mass is 10.1. The number of carbonyl (C=O) groups is 2. The molecule has 0 atom stereocenters. The molecule has 0 heterocycles. The number of thioether (sulfide) groups is 1. The topological polar surface area (TPSA) is 55.4 Å². The van der Waals surface area contributed by atoms with E-state index in [1.165, 1.54) is 32.2 Å². The zero-order valence-electron chi connectivity index (χ0n) is 13.1. The van der Waals surface area contributed by atoms with Crippen LogP contribution in [0.5, 0.6) is 5.75 Å². The first-order valence-electron chi connectivity index (χ1n) is 6.97. The van der Waals surface area contributed by atoms with Crippen LogP contribution in [0.4, 0.5) is 10.1 Å². The Balaban J connectivity index is 2.01. The lowest BCUT2D eigenvalue weighted by molar-refractivity contribution is -0.113. The minimum absolute atomic E-state index is 0.00596. The SMILES string of the molecule is COc1ccc(Cl)cc1NC(=O)CSc1ccc(C(C)=O)cc1F. The van der Waals surface area contributed by atoms with Gasteiger partial charge in [0, 0.05) is 15.5 Å². The third-order valence-electron chi connectivity index (χ3n) is 3.13. The Hall–Kier alpha value is -2.05. The van der Waals surface area contributed by atoms with E-state index < -0.39 is 5.82 Å². The van der Waals surface area contributed by atoms with Gasteiger partial charge >= 0.3 is 0 Å². The molecule has 0 bridgehead atoms. The molecule has 0 aliphatic rings. The number of Topliss-reactive ketones (excluding diaryl/α,β-unsaturated/α-hetero) is 1. The molecule has 1 amide bonds. The molecular formula is C17H15ClFNO3S. The third-order valence-corrected chi connectivity index (χ3v) is 4.42. The van der Waals surface area contributed by atoms with Crippen molar-refractivity contribution in [2.75, 3.05) is 18.2 Å². The predicted molar refractivity (Wildman–Crippen MR) is 93.8 cm³/mol. The highest BCUT2D eigenvalue weighted by molar-refractivity contribution is 8.00. The number of anilines is 1. The maximum atomic E-state index is 13.9. The van der Waals surface area contributed by atoms with Gasteiger partial charge in [0.1, 0.15) is 11.6 Å². The van der Waals surface area contributed by atoms with E-state index >= 15 is 0 Å². The molecule has 0 radical (unpaired) electrons. The van der Waals surface area contributed by atoms with Crippen molar-refractivity contribution in [2.24, 2.45) is 0 Å². The molecule has 24 heavy (non-hydrogen) atoms. The van der Waals surface area contributed by atoms with Gasteiger partial charge in [0.2, 0.25) is 5.91 Å². The Labute approximate surface area is 148 Å². The average Bonchev–Trinajstić information content (AvgIpc) is 2.53. The van der Waals surface area contributed by atoms with Crippen molar-refractivity contribution in [1.29, 1.82) is 0 Å². The molecule has 126 valence electrons. The maximum absolute atomic E-state index is 13.9. The minimum atomic E-state index is -0.527. The zero-order chi connectivity index (χ0) is 17.7. The number of benzene rings is 2. The number of rotatable bonds is 6. The van der Waals surface area contributed by atoms with E-state index in [1.54, 1.807) is 18.2 Å². The van der Waals surface area contributed by atoms with Crippen LogP contribution in [-0.4, -0.2) is 24.6 Å². The summed E-state index contributed by atoms with van der Waals surface area (Å²) in [5, 5.41) is 3.14. The number of nitrogens with one attached hydrogen (secondary N) is 1. The van der Waals surface area contributed by atoms with Crippen LogP contribution < -0.4 is 10.1 Å². The van der Waals surface area contributed by atoms with Gasteiger partial charge in [0.15, 0.2) is 5.78 Å². The number of ketones is 1. The highest BCUT2D eigenvalue weighted by Gasteiger charge is 2.12. The second-order valence-electron chi connectivity index (χ2n) is 4.88. The van der Waals surface area contributed by atoms with Gasteiger partial charge < -0.3 is 10.1 Å². The number of methoxy groups -OCH3 is 1. The lowest BCUT2D eigenvalue weighted by Gasteiger charge is -2.10. The normalized spacial score (nSPS) is 10.3. The van der Waals surface area contributed by atoms with Crippen molar-refractivity contribution < 1.29 is 18.7 Å². The largest absolute Gasteiger partial charge is 0.495 e. The fourth-order valence-corrected chi connectivity index (χ4v) is 2.84. The molecule has 0 unspecified atom stereocenters. The van der Waals surface area contributed by atoms with Gasteiger partial charge in [-0.2, -0.15) is 0 Å². The van der Waals surface area contributed by atoms with E-state index in [9.17, 15) is 14.0 Å². The van der Waals surface area contributed by atoms with Crippen molar-refractivity contribution >= 4 is 40.7 Å². The van der Waals surface area contributed by atoms with E-state index in [1.807, 2.05) is 0 Å². The van der Waals surface area contributed by atoms with E-state index in [4.69, 9.17) is 16.3 Å². The lowest BCUT2D eigenvalue weighted by Crippen LogP contribution is -2.14. The summed E-state index contributed by atoms with van der Waals surface area (Å²) in [4.78, 5) is 23.5. The van der Waals surface area contributed by atoms with Crippen molar-refractivity contribution in [2.45, 2.75) is 11.8 Å². The number of hydrogen-bond acceptors (Lipinski definition) is 4. The van der Waals surface area contributed by atoms with Gasteiger partial charge in [0.05, 0.1) is 18.6 Å². The Kier molecular flexibility index (Phi) is 6.23. The van der Waals surface area contributed by atoms with Crippen LogP contribution in [0.3, 0.4) is 0 Å². The van der Waals surface area contributed by atoms with E-state index in [0.29, 0.717) is 26.9 Å². The quantitative estimate of drug-likeness (QED) is 0.606. The maximum Gasteiger partial charge on any atom is 0.234 e. The van der Waals surface area contributed by atoms with Crippen LogP contribution >= 0.6 is 23.4 Å². The molecule has 4 nitrogen and oxygen atoms in total.